The molecule has 3 unspecified atom stereocenters. The number of rotatable bonds is 58. The van der Waals surface area contributed by atoms with Crippen molar-refractivity contribution in [2.45, 2.75) is 303 Å². The molecular formula is C67H123N2O7P. The molecule has 0 radical (unpaired) electrons. The average Bonchev–Trinajstić information content (AvgIpc) is 3.39. The summed E-state index contributed by atoms with van der Waals surface area (Å²) in [5.74, 6) is -0.553. The molecule has 3 atom stereocenters. The number of carbonyl (C=O) groups is 2. The van der Waals surface area contributed by atoms with Gasteiger partial charge in [-0.25, -0.2) is 0 Å². The Morgan fingerprint density at radius 3 is 1.26 bits per heavy atom. The van der Waals surface area contributed by atoms with Gasteiger partial charge >= 0.3 is 5.97 Å². The number of hydrogen-bond acceptors (Lipinski definition) is 7. The number of phosphoric acid groups is 1. The molecule has 77 heavy (non-hydrogen) atoms. The summed E-state index contributed by atoms with van der Waals surface area (Å²) in [6, 6.07) is -0.894. The SMILES string of the molecule is CCCC/C=C\CCCCCCCC(=O)OC(/C=C/CCCCCCCCCCCCC)C(COP(=O)([O-])OCC[N+](C)(C)C)NC(=O)CCCCCCCCCCCCC/C=C\C/C=C\C/C=C\C/C=C\CCCCC. The van der Waals surface area contributed by atoms with Crippen molar-refractivity contribution in [1.29, 1.82) is 0 Å². The van der Waals surface area contributed by atoms with Crippen molar-refractivity contribution in [3.63, 3.8) is 0 Å². The van der Waals surface area contributed by atoms with Gasteiger partial charge in [0.1, 0.15) is 19.3 Å². The van der Waals surface area contributed by atoms with Gasteiger partial charge in [-0.05, 0) is 96.0 Å². The van der Waals surface area contributed by atoms with Crippen LogP contribution in [-0.4, -0.2) is 69.4 Å². The molecule has 0 aliphatic carbocycles. The molecule has 0 rings (SSSR count). The number of phosphoric ester groups is 1. The Balaban J connectivity index is 5.06. The first kappa shape index (κ1) is 74.5. The number of amides is 1. The zero-order valence-electron chi connectivity index (χ0n) is 51.2. The van der Waals surface area contributed by atoms with Crippen molar-refractivity contribution in [2.24, 2.45) is 0 Å². The van der Waals surface area contributed by atoms with E-state index in [1.807, 2.05) is 33.3 Å². The lowest BCUT2D eigenvalue weighted by molar-refractivity contribution is -0.870. The maximum atomic E-state index is 13.5. The van der Waals surface area contributed by atoms with Crippen LogP contribution < -0.4 is 10.2 Å². The minimum atomic E-state index is -4.70. The van der Waals surface area contributed by atoms with E-state index >= 15 is 0 Å². The Kier molecular flexibility index (Phi) is 54.8. The van der Waals surface area contributed by atoms with Crippen LogP contribution in [0.15, 0.2) is 72.9 Å². The Hall–Kier alpha value is -2.55. The van der Waals surface area contributed by atoms with Crippen molar-refractivity contribution >= 4 is 19.7 Å². The second-order valence-electron chi connectivity index (χ2n) is 22.9. The molecular weight excluding hydrogens is 976 g/mol. The summed E-state index contributed by atoms with van der Waals surface area (Å²) >= 11 is 0. The zero-order valence-corrected chi connectivity index (χ0v) is 52.0. The van der Waals surface area contributed by atoms with E-state index in [1.165, 1.54) is 148 Å². The average molecular weight is 1100 g/mol. The first-order valence-corrected chi connectivity index (χ1v) is 33.7. The number of likely N-dealkylation sites (N-methyl/N-ethyl adjacent to an activating group) is 1. The molecule has 0 fully saturated rings. The van der Waals surface area contributed by atoms with Gasteiger partial charge in [-0.1, -0.05) is 255 Å². The largest absolute Gasteiger partial charge is 0.756 e. The first-order chi connectivity index (χ1) is 37.4. The predicted molar refractivity (Wildman–Crippen MR) is 330 cm³/mol. The van der Waals surface area contributed by atoms with Crippen molar-refractivity contribution in [2.75, 3.05) is 40.9 Å². The third kappa shape index (κ3) is 57.9. The number of allylic oxidation sites excluding steroid dienone is 11. The maximum absolute atomic E-state index is 13.5. The van der Waals surface area contributed by atoms with Crippen LogP contribution in [0.2, 0.25) is 0 Å². The maximum Gasteiger partial charge on any atom is 0.306 e. The minimum Gasteiger partial charge on any atom is -0.756 e. The molecule has 0 aromatic rings. The lowest BCUT2D eigenvalue weighted by atomic mass is 10.0. The minimum absolute atomic E-state index is 0.0257. The number of unbranched alkanes of at least 4 members (excludes halogenated alkanes) is 32. The van der Waals surface area contributed by atoms with Gasteiger partial charge in [0.15, 0.2) is 0 Å². The molecule has 1 amide bonds. The number of nitrogens with one attached hydrogen (secondary N) is 1. The molecule has 0 bridgehead atoms. The summed E-state index contributed by atoms with van der Waals surface area (Å²) < 4.78 is 30.3. The number of quaternary nitrogens is 1. The molecule has 0 aliphatic heterocycles. The molecule has 0 spiro atoms. The molecule has 9 nitrogen and oxygen atoms in total. The van der Waals surface area contributed by atoms with Gasteiger partial charge in [0.05, 0.1) is 33.8 Å². The molecule has 10 heteroatoms. The van der Waals surface area contributed by atoms with Crippen molar-refractivity contribution < 1.29 is 37.3 Å². The summed E-state index contributed by atoms with van der Waals surface area (Å²) in [5, 5.41) is 3.03. The topological polar surface area (TPSA) is 114 Å². The predicted octanol–water partition coefficient (Wildman–Crippen LogP) is 19.4. The summed E-state index contributed by atoms with van der Waals surface area (Å²) in [4.78, 5) is 39.9. The standard InChI is InChI=1S/C67H123N2O7P/c1-7-10-13-16-19-22-25-27-28-29-30-31-32-33-34-35-36-37-38-39-40-42-45-47-50-53-56-59-66(70)68-64(63-75-77(72,73)74-62-61-69(4,5)6)65(58-55-52-49-46-44-41-26-23-20-17-14-11-8-2)76-67(71)60-57-54-51-48-43-24-21-18-15-12-9-3/h18-19,21-22,27-28,30-31,33-34,55,58,64-65H,7-17,20,23-26,29,32,35-54,56-57,59-63H2,1-6H3,(H-,68,70,72,73)/b21-18-,22-19-,28-27-,31-30-,34-33-,58-55+. The lowest BCUT2D eigenvalue weighted by Gasteiger charge is -2.30. The van der Waals surface area contributed by atoms with E-state index in [-0.39, 0.29) is 24.9 Å². The molecule has 0 heterocycles. The van der Waals surface area contributed by atoms with Gasteiger partial charge in [-0.3, -0.25) is 14.2 Å². The zero-order chi connectivity index (χ0) is 56.4. The summed E-state index contributed by atoms with van der Waals surface area (Å²) in [7, 11) is 1.18. The molecule has 448 valence electrons. The van der Waals surface area contributed by atoms with Gasteiger partial charge in [-0.15, -0.1) is 0 Å². The van der Waals surface area contributed by atoms with Gasteiger partial charge < -0.3 is 28.5 Å². The quantitative estimate of drug-likeness (QED) is 0.0212. The number of hydrogen-bond donors (Lipinski definition) is 1. The Morgan fingerprint density at radius 1 is 0.455 bits per heavy atom. The number of carbonyl (C=O) groups excluding carboxylic acids is 2. The van der Waals surface area contributed by atoms with Crippen LogP contribution in [0.1, 0.15) is 290 Å². The fraction of sp³-hybridized carbons (Fsp3) is 0.791. The molecule has 0 aliphatic rings. The highest BCUT2D eigenvalue weighted by molar-refractivity contribution is 7.45. The Bertz CT molecular complexity index is 1550. The summed E-state index contributed by atoms with van der Waals surface area (Å²) in [5.41, 5.74) is 0. The smallest absolute Gasteiger partial charge is 0.306 e. The van der Waals surface area contributed by atoms with E-state index in [9.17, 15) is 19.0 Å². The Labute approximate surface area is 476 Å². The fourth-order valence-electron chi connectivity index (χ4n) is 9.08. The third-order valence-corrected chi connectivity index (χ3v) is 15.1. The number of esters is 1. The van der Waals surface area contributed by atoms with Crippen LogP contribution in [0.25, 0.3) is 0 Å². The van der Waals surface area contributed by atoms with E-state index in [0.717, 1.165) is 109 Å². The monoisotopic (exact) mass is 1100 g/mol. The highest BCUT2D eigenvalue weighted by Gasteiger charge is 2.27. The molecule has 0 aromatic heterocycles. The van der Waals surface area contributed by atoms with Crippen LogP contribution in [-0.2, 0) is 27.9 Å². The number of ether oxygens (including phenoxy) is 1. The fourth-order valence-corrected chi connectivity index (χ4v) is 9.80. The summed E-state index contributed by atoms with van der Waals surface area (Å²) in [6.45, 7) is 6.78. The van der Waals surface area contributed by atoms with E-state index in [4.69, 9.17) is 13.8 Å². The van der Waals surface area contributed by atoms with Gasteiger partial charge in [-0.2, -0.15) is 0 Å². The summed E-state index contributed by atoms with van der Waals surface area (Å²) in [6.07, 6.45) is 73.0. The normalized spacial score (nSPS) is 14.1. The second-order valence-corrected chi connectivity index (χ2v) is 24.3. The van der Waals surface area contributed by atoms with E-state index < -0.39 is 26.6 Å². The van der Waals surface area contributed by atoms with Crippen LogP contribution in [0, 0.1) is 0 Å². The van der Waals surface area contributed by atoms with Crippen LogP contribution in [0.5, 0.6) is 0 Å². The van der Waals surface area contributed by atoms with E-state index in [1.54, 1.807) is 0 Å². The van der Waals surface area contributed by atoms with Crippen LogP contribution >= 0.6 is 7.82 Å². The highest BCUT2D eigenvalue weighted by atomic mass is 31.2. The first-order valence-electron chi connectivity index (χ1n) is 32.2. The lowest BCUT2D eigenvalue weighted by Crippen LogP contribution is -2.47. The van der Waals surface area contributed by atoms with E-state index in [2.05, 4.69) is 86.8 Å². The highest BCUT2D eigenvalue weighted by Crippen LogP contribution is 2.38. The van der Waals surface area contributed by atoms with Crippen molar-refractivity contribution in [3.05, 3.63) is 72.9 Å². The van der Waals surface area contributed by atoms with Crippen molar-refractivity contribution in [1.82, 2.24) is 5.32 Å². The van der Waals surface area contributed by atoms with Crippen molar-refractivity contribution in [3.8, 4) is 0 Å². The van der Waals surface area contributed by atoms with Crippen LogP contribution in [0.3, 0.4) is 0 Å². The molecule has 0 saturated heterocycles. The number of nitrogens with zero attached hydrogens (tertiary/aromatic N) is 1. The molecule has 1 N–H and O–H groups in total. The Morgan fingerprint density at radius 2 is 0.805 bits per heavy atom. The molecule has 0 aromatic carbocycles. The third-order valence-electron chi connectivity index (χ3n) is 14.1. The van der Waals surface area contributed by atoms with Gasteiger partial charge in [0.25, 0.3) is 7.82 Å². The molecule has 0 saturated carbocycles. The van der Waals surface area contributed by atoms with Gasteiger partial charge in [0.2, 0.25) is 5.91 Å². The van der Waals surface area contributed by atoms with Crippen LogP contribution in [0.4, 0.5) is 0 Å². The van der Waals surface area contributed by atoms with E-state index in [0.29, 0.717) is 17.4 Å². The van der Waals surface area contributed by atoms with Gasteiger partial charge in [0, 0.05) is 12.8 Å². The second kappa shape index (κ2) is 56.7.